The number of methoxy groups -OCH3 is 1. The average Bonchev–Trinajstić information content (AvgIpc) is 3.06. The van der Waals surface area contributed by atoms with Crippen molar-refractivity contribution in [2.75, 3.05) is 20.8 Å². The first-order valence-corrected chi connectivity index (χ1v) is 8.63. The Morgan fingerprint density at radius 2 is 2.08 bits per heavy atom. The molecule has 138 valence electrons. The number of ether oxygens (including phenoxy) is 1. The molecule has 3 aromatic rings. The van der Waals surface area contributed by atoms with E-state index in [9.17, 15) is 4.79 Å². The summed E-state index contributed by atoms with van der Waals surface area (Å²) in [4.78, 5) is 18.2. The Morgan fingerprint density at radius 3 is 2.85 bits per heavy atom. The zero-order chi connectivity index (χ0) is 18.5. The number of benzene rings is 1. The summed E-state index contributed by atoms with van der Waals surface area (Å²) in [7, 11) is 3.59. The zero-order valence-electron chi connectivity index (χ0n) is 15.3. The molecule has 0 unspecified atom stereocenters. The molecule has 0 radical (unpaired) electrons. The van der Waals surface area contributed by atoms with Crippen LogP contribution in [0, 0.1) is 0 Å². The van der Waals surface area contributed by atoms with Gasteiger partial charge in [-0.3, -0.25) is 4.90 Å². The predicted octanol–water partition coefficient (Wildman–Crippen LogP) is 2.56. The highest BCUT2D eigenvalue weighted by Crippen LogP contribution is 2.21. The monoisotopic (exact) mass is 357 g/mol. The number of hydrogen-bond donors (Lipinski definition) is 0. The smallest absolute Gasteiger partial charge is 0.336 e. The van der Waals surface area contributed by atoms with Crippen molar-refractivity contribution in [2.24, 2.45) is 0 Å². The molecule has 0 aliphatic carbocycles. The van der Waals surface area contributed by atoms with Gasteiger partial charge in [0.2, 0.25) is 5.89 Å². The summed E-state index contributed by atoms with van der Waals surface area (Å²) >= 11 is 0. The molecule has 2 heterocycles. The second kappa shape index (κ2) is 8.25. The van der Waals surface area contributed by atoms with Gasteiger partial charge in [0.1, 0.15) is 5.58 Å². The Labute approximate surface area is 151 Å². The van der Waals surface area contributed by atoms with Gasteiger partial charge in [0.15, 0.2) is 5.82 Å². The van der Waals surface area contributed by atoms with Crippen LogP contribution < -0.4 is 5.63 Å². The standard InChI is InChI=1S/C19H23N3O4/c1-4-13-5-6-16-15(9-13)14(10-19(23)25-16)11-22(2)12-18-20-17(21-26-18)7-8-24-3/h5-6,9-10H,4,7-8,11-12H2,1-3H3. The summed E-state index contributed by atoms with van der Waals surface area (Å²) < 4.78 is 15.6. The molecule has 0 N–H and O–H groups in total. The van der Waals surface area contributed by atoms with E-state index in [1.165, 1.54) is 5.56 Å². The number of hydrogen-bond acceptors (Lipinski definition) is 7. The topological polar surface area (TPSA) is 81.6 Å². The minimum Gasteiger partial charge on any atom is -0.423 e. The molecule has 0 aliphatic heterocycles. The summed E-state index contributed by atoms with van der Waals surface area (Å²) in [6, 6.07) is 7.48. The third-order valence-corrected chi connectivity index (χ3v) is 4.19. The Morgan fingerprint density at radius 1 is 1.23 bits per heavy atom. The van der Waals surface area contributed by atoms with Crippen LogP contribution in [-0.2, 0) is 30.7 Å². The van der Waals surface area contributed by atoms with E-state index < -0.39 is 0 Å². The van der Waals surface area contributed by atoms with Gasteiger partial charge < -0.3 is 13.7 Å². The van der Waals surface area contributed by atoms with Gasteiger partial charge in [-0.15, -0.1) is 0 Å². The summed E-state index contributed by atoms with van der Waals surface area (Å²) in [6.45, 7) is 3.73. The number of nitrogens with zero attached hydrogens (tertiary/aromatic N) is 3. The summed E-state index contributed by atoms with van der Waals surface area (Å²) in [5.74, 6) is 1.17. The van der Waals surface area contributed by atoms with Crippen molar-refractivity contribution in [3.8, 4) is 0 Å². The molecule has 0 atom stereocenters. The molecular formula is C19H23N3O4. The number of aryl methyl sites for hydroxylation is 1. The van der Waals surface area contributed by atoms with Crippen LogP contribution in [0.5, 0.6) is 0 Å². The maximum absolute atomic E-state index is 11.9. The number of fused-ring (bicyclic) bond motifs is 1. The lowest BCUT2D eigenvalue weighted by atomic mass is 10.1. The van der Waals surface area contributed by atoms with Crippen LogP contribution >= 0.6 is 0 Å². The van der Waals surface area contributed by atoms with Gasteiger partial charge in [0.05, 0.1) is 13.2 Å². The highest BCUT2D eigenvalue weighted by molar-refractivity contribution is 5.80. The third-order valence-electron chi connectivity index (χ3n) is 4.19. The highest BCUT2D eigenvalue weighted by atomic mass is 16.5. The van der Waals surface area contributed by atoms with Crippen LogP contribution in [-0.4, -0.2) is 35.8 Å². The molecule has 0 spiro atoms. The Kier molecular flexibility index (Phi) is 5.80. The molecule has 0 amide bonds. The van der Waals surface area contributed by atoms with Gasteiger partial charge >= 0.3 is 5.63 Å². The Balaban J connectivity index is 1.77. The molecule has 0 saturated carbocycles. The lowest BCUT2D eigenvalue weighted by Crippen LogP contribution is -2.18. The Bertz CT molecular complexity index is 932. The number of aromatic nitrogens is 2. The minimum atomic E-state index is -0.343. The molecule has 0 aliphatic rings. The van der Waals surface area contributed by atoms with Crippen LogP contribution in [0.4, 0.5) is 0 Å². The fourth-order valence-corrected chi connectivity index (χ4v) is 2.85. The van der Waals surface area contributed by atoms with E-state index >= 15 is 0 Å². The van der Waals surface area contributed by atoms with Gasteiger partial charge in [-0.1, -0.05) is 18.1 Å². The fourth-order valence-electron chi connectivity index (χ4n) is 2.85. The first-order chi connectivity index (χ1) is 12.6. The molecule has 7 nitrogen and oxygen atoms in total. The second-order valence-corrected chi connectivity index (χ2v) is 6.29. The van der Waals surface area contributed by atoms with E-state index in [2.05, 4.69) is 23.1 Å². The van der Waals surface area contributed by atoms with Gasteiger partial charge in [-0.2, -0.15) is 4.98 Å². The molecule has 7 heteroatoms. The van der Waals surface area contributed by atoms with Crippen LogP contribution in [0.25, 0.3) is 11.0 Å². The van der Waals surface area contributed by atoms with Crippen molar-refractivity contribution in [3.63, 3.8) is 0 Å². The SMILES string of the molecule is CCc1ccc2oc(=O)cc(CN(C)Cc3nc(CCOC)no3)c2c1. The van der Waals surface area contributed by atoms with Crippen molar-refractivity contribution >= 4 is 11.0 Å². The first-order valence-electron chi connectivity index (χ1n) is 8.63. The lowest BCUT2D eigenvalue weighted by molar-refractivity contribution is 0.199. The summed E-state index contributed by atoms with van der Waals surface area (Å²) in [5.41, 5.74) is 2.39. The van der Waals surface area contributed by atoms with Crippen molar-refractivity contribution in [2.45, 2.75) is 32.9 Å². The highest BCUT2D eigenvalue weighted by Gasteiger charge is 2.12. The zero-order valence-corrected chi connectivity index (χ0v) is 15.3. The van der Waals surface area contributed by atoms with Gasteiger partial charge in [0, 0.05) is 31.5 Å². The van der Waals surface area contributed by atoms with E-state index in [1.807, 2.05) is 24.1 Å². The summed E-state index contributed by atoms with van der Waals surface area (Å²) in [5, 5.41) is 4.90. The van der Waals surface area contributed by atoms with Crippen molar-refractivity contribution in [1.29, 1.82) is 0 Å². The van der Waals surface area contributed by atoms with E-state index in [0.717, 1.165) is 17.4 Å². The quantitative estimate of drug-likeness (QED) is 0.573. The molecule has 3 rings (SSSR count). The average molecular weight is 357 g/mol. The Hall–Kier alpha value is -2.51. The second-order valence-electron chi connectivity index (χ2n) is 6.29. The van der Waals surface area contributed by atoms with Gasteiger partial charge in [-0.05, 0) is 36.7 Å². The largest absolute Gasteiger partial charge is 0.423 e. The van der Waals surface area contributed by atoms with Crippen molar-refractivity contribution in [1.82, 2.24) is 15.0 Å². The van der Waals surface area contributed by atoms with Crippen molar-refractivity contribution in [3.05, 3.63) is 57.5 Å². The molecule has 0 bridgehead atoms. The fraction of sp³-hybridized carbons (Fsp3) is 0.421. The molecule has 1 aromatic carbocycles. The minimum absolute atomic E-state index is 0.343. The molecule has 26 heavy (non-hydrogen) atoms. The molecule has 0 fully saturated rings. The normalized spacial score (nSPS) is 11.5. The van der Waals surface area contributed by atoms with Crippen molar-refractivity contribution < 1.29 is 13.7 Å². The predicted molar refractivity (Wildman–Crippen MR) is 96.9 cm³/mol. The van der Waals surface area contributed by atoms with E-state index in [0.29, 0.717) is 43.4 Å². The van der Waals surface area contributed by atoms with Crippen LogP contribution in [0.1, 0.15) is 29.8 Å². The van der Waals surface area contributed by atoms with Crippen LogP contribution in [0.2, 0.25) is 0 Å². The number of rotatable bonds is 8. The maximum Gasteiger partial charge on any atom is 0.336 e. The van der Waals surface area contributed by atoms with Crippen LogP contribution in [0.15, 0.2) is 38.0 Å². The molecule has 2 aromatic heterocycles. The van der Waals surface area contributed by atoms with Gasteiger partial charge in [0.25, 0.3) is 0 Å². The molecule has 0 saturated heterocycles. The maximum atomic E-state index is 11.9. The van der Waals surface area contributed by atoms with E-state index in [4.69, 9.17) is 13.7 Å². The van der Waals surface area contributed by atoms with E-state index in [-0.39, 0.29) is 5.63 Å². The first kappa shape index (κ1) is 18.3. The van der Waals surface area contributed by atoms with Gasteiger partial charge in [-0.25, -0.2) is 4.79 Å². The van der Waals surface area contributed by atoms with E-state index in [1.54, 1.807) is 13.2 Å². The summed E-state index contributed by atoms with van der Waals surface area (Å²) in [6.07, 6.45) is 1.55. The molecular weight excluding hydrogens is 334 g/mol. The lowest BCUT2D eigenvalue weighted by Gasteiger charge is -2.15. The third kappa shape index (κ3) is 4.36. The van der Waals surface area contributed by atoms with Crippen LogP contribution in [0.3, 0.4) is 0 Å².